The van der Waals surface area contributed by atoms with Crippen LogP contribution >= 0.6 is 7.26 Å². The second kappa shape index (κ2) is 8.16. The highest BCUT2D eigenvalue weighted by Gasteiger charge is 2.47. The average Bonchev–Trinajstić information content (AvgIpc) is 2.75. The summed E-state index contributed by atoms with van der Waals surface area (Å²) in [6.07, 6.45) is 5.09. The van der Waals surface area contributed by atoms with Crippen molar-refractivity contribution in [2.24, 2.45) is 0 Å². The summed E-state index contributed by atoms with van der Waals surface area (Å²) < 4.78 is 6.23. The fourth-order valence-electron chi connectivity index (χ4n) is 4.07. The minimum absolute atomic E-state index is 0.345. The molecule has 1 saturated heterocycles. The molecule has 0 aliphatic carbocycles. The molecule has 1 aliphatic rings. The van der Waals surface area contributed by atoms with E-state index in [9.17, 15) is 0 Å². The molecule has 132 valence electrons. The molecule has 26 heavy (non-hydrogen) atoms. The smallest absolute Gasteiger partial charge is 0.114 e. The normalized spacial score (nSPS) is 17.8. The molecular formula is C24H26OP+. The summed E-state index contributed by atoms with van der Waals surface area (Å²) >= 11 is 0. The predicted molar refractivity (Wildman–Crippen MR) is 114 cm³/mol. The number of hydrogen-bond acceptors (Lipinski definition) is 1. The van der Waals surface area contributed by atoms with Crippen LogP contribution < -0.4 is 15.9 Å². The summed E-state index contributed by atoms with van der Waals surface area (Å²) in [7, 11) is -1.75. The molecule has 3 aromatic carbocycles. The number of hydrogen-bond donors (Lipinski definition) is 0. The average molecular weight is 361 g/mol. The van der Waals surface area contributed by atoms with Crippen molar-refractivity contribution >= 4 is 23.2 Å². The van der Waals surface area contributed by atoms with Crippen molar-refractivity contribution in [3.05, 3.63) is 91.0 Å². The Balaban J connectivity index is 1.90. The van der Waals surface area contributed by atoms with Gasteiger partial charge in [0.15, 0.2) is 0 Å². The van der Waals surface area contributed by atoms with Crippen LogP contribution in [0.5, 0.6) is 0 Å². The quantitative estimate of drug-likeness (QED) is 0.606. The Morgan fingerprint density at radius 3 is 1.50 bits per heavy atom. The first-order valence-corrected chi connectivity index (χ1v) is 11.5. The number of ether oxygens (including phenoxy) is 1. The third-order valence-corrected chi connectivity index (χ3v) is 9.84. The largest absolute Gasteiger partial charge is 0.374 e. The zero-order chi connectivity index (χ0) is 17.7. The van der Waals surface area contributed by atoms with Crippen molar-refractivity contribution in [3.8, 4) is 0 Å². The van der Waals surface area contributed by atoms with Crippen LogP contribution in [0.2, 0.25) is 0 Å². The Kier molecular flexibility index (Phi) is 5.48. The van der Waals surface area contributed by atoms with Gasteiger partial charge in [-0.3, -0.25) is 0 Å². The van der Waals surface area contributed by atoms with Gasteiger partial charge in [-0.15, -0.1) is 0 Å². The topological polar surface area (TPSA) is 9.23 Å². The van der Waals surface area contributed by atoms with Gasteiger partial charge in [0.25, 0.3) is 0 Å². The van der Waals surface area contributed by atoms with E-state index in [1.807, 2.05) is 0 Å². The first-order valence-electron chi connectivity index (χ1n) is 9.56. The van der Waals surface area contributed by atoms with E-state index in [-0.39, 0.29) is 0 Å². The maximum Gasteiger partial charge on any atom is 0.114 e. The van der Waals surface area contributed by atoms with Crippen LogP contribution in [-0.4, -0.2) is 18.9 Å². The summed E-state index contributed by atoms with van der Waals surface area (Å²) in [5.74, 6) is 0. The molecule has 1 heterocycles. The van der Waals surface area contributed by atoms with Crippen LogP contribution in [0, 0.1) is 0 Å². The molecule has 1 fully saturated rings. The van der Waals surface area contributed by atoms with Gasteiger partial charge in [0, 0.05) is 6.61 Å². The van der Waals surface area contributed by atoms with Crippen LogP contribution in [0.4, 0.5) is 0 Å². The minimum Gasteiger partial charge on any atom is -0.374 e. The summed E-state index contributed by atoms with van der Waals surface area (Å²) in [5.41, 5.74) is 0. The van der Waals surface area contributed by atoms with Crippen molar-refractivity contribution < 1.29 is 4.74 Å². The third kappa shape index (κ3) is 3.47. The van der Waals surface area contributed by atoms with E-state index in [0.717, 1.165) is 12.8 Å². The number of rotatable bonds is 5. The second-order valence-corrected chi connectivity index (χ2v) is 10.5. The molecule has 3 aromatic rings. The van der Waals surface area contributed by atoms with Crippen LogP contribution in [0.25, 0.3) is 0 Å². The van der Waals surface area contributed by atoms with Gasteiger partial charge in [-0.05, 0) is 55.7 Å². The lowest BCUT2D eigenvalue weighted by atomic mass is 10.1. The van der Waals surface area contributed by atoms with Crippen molar-refractivity contribution in [3.63, 3.8) is 0 Å². The molecule has 4 rings (SSSR count). The lowest BCUT2D eigenvalue weighted by Crippen LogP contribution is -2.38. The fourth-order valence-corrected chi connectivity index (χ4v) is 8.54. The zero-order valence-electron chi connectivity index (χ0n) is 15.1. The summed E-state index contributed by atoms with van der Waals surface area (Å²) in [4.78, 5) is 0. The molecule has 0 radical (unpaired) electrons. The summed E-state index contributed by atoms with van der Waals surface area (Å²) in [6, 6.07) is 33.3. The van der Waals surface area contributed by atoms with Gasteiger partial charge < -0.3 is 4.74 Å². The molecule has 0 aromatic heterocycles. The van der Waals surface area contributed by atoms with Crippen molar-refractivity contribution in [2.45, 2.75) is 25.4 Å². The summed E-state index contributed by atoms with van der Waals surface area (Å²) in [6.45, 7) is 0.906. The Bertz CT molecular complexity index is 699. The lowest BCUT2D eigenvalue weighted by molar-refractivity contribution is 0.0309. The molecule has 0 saturated carbocycles. The highest BCUT2D eigenvalue weighted by molar-refractivity contribution is 7.95. The van der Waals surface area contributed by atoms with Gasteiger partial charge in [-0.25, -0.2) is 0 Å². The van der Waals surface area contributed by atoms with Crippen molar-refractivity contribution in [1.82, 2.24) is 0 Å². The van der Waals surface area contributed by atoms with E-state index in [1.54, 1.807) is 0 Å². The van der Waals surface area contributed by atoms with E-state index < -0.39 is 7.26 Å². The molecule has 1 nitrogen and oxygen atoms in total. The highest BCUT2D eigenvalue weighted by atomic mass is 31.2. The number of benzene rings is 3. The fraction of sp³-hybridized carbons (Fsp3) is 0.250. The Labute approximate surface area is 157 Å². The molecule has 0 bridgehead atoms. The SMILES string of the molecule is c1ccc([P+](CC2CCCCO2)(c2ccccc2)c2ccccc2)cc1. The van der Waals surface area contributed by atoms with Crippen molar-refractivity contribution in [2.75, 3.05) is 12.8 Å². The monoisotopic (exact) mass is 361 g/mol. The van der Waals surface area contributed by atoms with Gasteiger partial charge in [0.05, 0.1) is 12.3 Å². The molecule has 1 unspecified atom stereocenters. The van der Waals surface area contributed by atoms with Crippen molar-refractivity contribution in [1.29, 1.82) is 0 Å². The van der Waals surface area contributed by atoms with Gasteiger partial charge in [-0.2, -0.15) is 0 Å². The first-order chi connectivity index (χ1) is 12.9. The van der Waals surface area contributed by atoms with Crippen LogP contribution in [0.1, 0.15) is 19.3 Å². The highest BCUT2D eigenvalue weighted by Crippen LogP contribution is 2.56. The maximum atomic E-state index is 6.23. The molecule has 0 amide bonds. The van der Waals surface area contributed by atoms with Crippen LogP contribution in [0.15, 0.2) is 91.0 Å². The van der Waals surface area contributed by atoms with E-state index in [0.29, 0.717) is 6.10 Å². The standard InChI is InChI=1S/C24H26OP/c1-4-13-22(14-5-1)26(23-15-6-2-7-16-23,24-17-8-3-9-18-24)20-21-12-10-11-19-25-21/h1-9,13-18,21H,10-12,19-20H2/q+1. The second-order valence-electron chi connectivity index (χ2n) is 6.99. The zero-order valence-corrected chi connectivity index (χ0v) is 16.0. The Morgan fingerprint density at radius 2 is 1.12 bits per heavy atom. The molecule has 0 spiro atoms. The molecule has 1 atom stereocenters. The molecular weight excluding hydrogens is 335 g/mol. The van der Waals surface area contributed by atoms with Gasteiger partial charge in [-0.1, -0.05) is 54.6 Å². The Hall–Kier alpha value is -1.95. The minimum atomic E-state index is -1.75. The Morgan fingerprint density at radius 1 is 0.654 bits per heavy atom. The van der Waals surface area contributed by atoms with E-state index >= 15 is 0 Å². The van der Waals surface area contributed by atoms with Gasteiger partial charge in [0.1, 0.15) is 23.2 Å². The lowest BCUT2D eigenvalue weighted by Gasteiger charge is -2.32. The molecule has 0 N–H and O–H groups in total. The summed E-state index contributed by atoms with van der Waals surface area (Å²) in [5, 5.41) is 4.35. The van der Waals surface area contributed by atoms with E-state index in [2.05, 4.69) is 91.0 Å². The third-order valence-electron chi connectivity index (χ3n) is 5.34. The predicted octanol–water partition coefficient (Wildman–Crippen LogP) is 4.55. The molecule has 1 aliphatic heterocycles. The van der Waals surface area contributed by atoms with E-state index in [4.69, 9.17) is 4.74 Å². The maximum absolute atomic E-state index is 6.23. The van der Waals surface area contributed by atoms with Crippen LogP contribution in [-0.2, 0) is 4.74 Å². The van der Waals surface area contributed by atoms with Gasteiger partial charge in [0.2, 0.25) is 0 Å². The molecule has 2 heteroatoms. The first kappa shape index (κ1) is 17.5. The van der Waals surface area contributed by atoms with Gasteiger partial charge >= 0.3 is 0 Å². The van der Waals surface area contributed by atoms with E-state index in [1.165, 1.54) is 35.2 Å². The van der Waals surface area contributed by atoms with Crippen LogP contribution in [0.3, 0.4) is 0 Å².